The van der Waals surface area contributed by atoms with E-state index in [4.69, 9.17) is 4.74 Å². The third-order valence-corrected chi connectivity index (χ3v) is 2.76. The predicted molar refractivity (Wildman–Crippen MR) is 51.6 cm³/mol. The summed E-state index contributed by atoms with van der Waals surface area (Å²) in [5.41, 5.74) is 0. The molecule has 4 heteroatoms. The molecule has 0 N–H and O–H groups in total. The molecule has 0 bridgehead atoms. The fourth-order valence-corrected chi connectivity index (χ4v) is 2.04. The highest BCUT2D eigenvalue weighted by atomic mass is 32.1. The van der Waals surface area contributed by atoms with Crippen LogP contribution in [0.15, 0.2) is 18.3 Å². The van der Waals surface area contributed by atoms with Crippen molar-refractivity contribution in [2.24, 2.45) is 0 Å². The predicted octanol–water partition coefficient (Wildman–Crippen LogP) is 2.12. The first kappa shape index (κ1) is 8.19. The molecule has 2 heterocycles. The Morgan fingerprint density at radius 3 is 3.15 bits per heavy atom. The lowest BCUT2D eigenvalue weighted by atomic mass is 10.3. The smallest absolute Gasteiger partial charge is 0.221 e. The molecule has 66 valence electrons. The summed E-state index contributed by atoms with van der Waals surface area (Å²) >= 11 is 1.44. The van der Waals surface area contributed by atoms with Crippen LogP contribution < -0.4 is 4.74 Å². The Morgan fingerprint density at radius 1 is 1.62 bits per heavy atom. The molecule has 0 spiro atoms. The van der Waals surface area contributed by atoms with Gasteiger partial charge in [-0.25, -0.2) is 4.98 Å². The lowest BCUT2D eigenvalue weighted by Gasteiger charge is -1.97. The molecule has 0 amide bonds. The van der Waals surface area contributed by atoms with Crippen LogP contribution in [0.2, 0.25) is 0 Å². The summed E-state index contributed by atoms with van der Waals surface area (Å²) in [7, 11) is 1.57. The Morgan fingerprint density at radius 2 is 2.46 bits per heavy atom. The zero-order chi connectivity index (χ0) is 9.26. The summed E-state index contributed by atoms with van der Waals surface area (Å²) in [5, 5.41) is 0.900. The third kappa shape index (κ3) is 1.29. The van der Waals surface area contributed by atoms with Crippen molar-refractivity contribution in [2.45, 2.75) is 0 Å². The van der Waals surface area contributed by atoms with Gasteiger partial charge in [0.15, 0.2) is 6.29 Å². The van der Waals surface area contributed by atoms with Gasteiger partial charge in [-0.05, 0) is 12.1 Å². The van der Waals surface area contributed by atoms with Crippen LogP contribution in [0.25, 0.3) is 10.1 Å². The van der Waals surface area contributed by atoms with Crippen LogP contribution in [0.3, 0.4) is 0 Å². The quantitative estimate of drug-likeness (QED) is 0.686. The fraction of sp³-hybridized carbons (Fsp3) is 0.111. The molecule has 0 aliphatic rings. The molecule has 2 aromatic rings. The van der Waals surface area contributed by atoms with Crippen molar-refractivity contribution in [3.8, 4) is 5.88 Å². The molecule has 13 heavy (non-hydrogen) atoms. The van der Waals surface area contributed by atoms with E-state index in [2.05, 4.69) is 4.98 Å². The van der Waals surface area contributed by atoms with E-state index >= 15 is 0 Å². The van der Waals surface area contributed by atoms with Crippen molar-refractivity contribution in [1.82, 2.24) is 4.98 Å². The number of pyridine rings is 1. The first-order chi connectivity index (χ1) is 6.35. The highest BCUT2D eigenvalue weighted by Crippen LogP contribution is 2.29. The first-order valence-corrected chi connectivity index (χ1v) is 4.54. The number of fused-ring (bicyclic) bond motifs is 1. The Balaban J connectivity index is 2.74. The van der Waals surface area contributed by atoms with Crippen LogP contribution in [-0.2, 0) is 0 Å². The van der Waals surface area contributed by atoms with Gasteiger partial charge in [0.05, 0.1) is 17.4 Å². The number of ether oxygens (including phenoxy) is 1. The van der Waals surface area contributed by atoms with Gasteiger partial charge in [-0.2, -0.15) is 0 Å². The lowest BCUT2D eigenvalue weighted by molar-refractivity contribution is 0.112. The molecule has 0 saturated heterocycles. The van der Waals surface area contributed by atoms with E-state index in [1.165, 1.54) is 11.3 Å². The number of carbonyl (C=O) groups is 1. The largest absolute Gasteiger partial charge is 0.481 e. The maximum Gasteiger partial charge on any atom is 0.221 e. The standard InChI is InChI=1S/C9H7NO2S/c1-12-9-7-4-6(5-11)13-8(7)2-3-10-9/h2-5H,1H3. The molecule has 0 aliphatic heterocycles. The van der Waals surface area contributed by atoms with Crippen LogP contribution in [0, 0.1) is 0 Å². The number of rotatable bonds is 2. The Kier molecular flexibility index (Phi) is 1.98. The molecule has 0 aromatic carbocycles. The average molecular weight is 193 g/mol. The number of aromatic nitrogens is 1. The lowest BCUT2D eigenvalue weighted by Crippen LogP contribution is -1.85. The molecule has 0 saturated carbocycles. The molecule has 0 fully saturated rings. The molecular formula is C9H7NO2S. The van der Waals surface area contributed by atoms with Crippen molar-refractivity contribution >= 4 is 27.7 Å². The summed E-state index contributed by atoms with van der Waals surface area (Å²) < 4.78 is 6.09. The number of hydrogen-bond acceptors (Lipinski definition) is 4. The van der Waals surface area contributed by atoms with Crippen LogP contribution >= 0.6 is 11.3 Å². The number of nitrogens with zero attached hydrogens (tertiary/aromatic N) is 1. The van der Waals surface area contributed by atoms with Crippen molar-refractivity contribution in [3.63, 3.8) is 0 Å². The van der Waals surface area contributed by atoms with Crippen molar-refractivity contribution in [2.75, 3.05) is 7.11 Å². The normalized spacial score (nSPS) is 10.2. The average Bonchev–Trinajstić information content (AvgIpc) is 2.59. The summed E-state index contributed by atoms with van der Waals surface area (Å²) in [5.74, 6) is 0.571. The van der Waals surface area contributed by atoms with Crippen LogP contribution in [-0.4, -0.2) is 18.4 Å². The molecule has 0 atom stereocenters. The van der Waals surface area contributed by atoms with E-state index in [9.17, 15) is 4.79 Å². The summed E-state index contributed by atoms with van der Waals surface area (Å²) in [6.07, 6.45) is 2.51. The second-order valence-corrected chi connectivity index (χ2v) is 3.61. The number of methoxy groups -OCH3 is 1. The van der Waals surface area contributed by atoms with Gasteiger partial charge in [-0.1, -0.05) is 0 Å². The Labute approximate surface area is 79.0 Å². The number of aldehydes is 1. The molecule has 2 aromatic heterocycles. The highest BCUT2D eigenvalue weighted by Gasteiger charge is 2.06. The zero-order valence-corrected chi connectivity index (χ0v) is 7.80. The molecule has 2 rings (SSSR count). The van der Waals surface area contributed by atoms with Crippen molar-refractivity contribution in [3.05, 3.63) is 23.2 Å². The zero-order valence-electron chi connectivity index (χ0n) is 6.98. The molecule has 0 unspecified atom stereocenters. The number of hydrogen-bond donors (Lipinski definition) is 0. The molecular weight excluding hydrogens is 186 g/mol. The van der Waals surface area contributed by atoms with Gasteiger partial charge < -0.3 is 4.74 Å². The van der Waals surface area contributed by atoms with E-state index in [-0.39, 0.29) is 0 Å². The minimum absolute atomic E-state index is 0.571. The summed E-state index contributed by atoms with van der Waals surface area (Å²) in [4.78, 5) is 15.3. The van der Waals surface area contributed by atoms with Crippen molar-refractivity contribution in [1.29, 1.82) is 0 Å². The topological polar surface area (TPSA) is 39.2 Å². The van der Waals surface area contributed by atoms with Gasteiger partial charge >= 0.3 is 0 Å². The third-order valence-electron chi connectivity index (χ3n) is 1.74. The maximum absolute atomic E-state index is 10.5. The van der Waals surface area contributed by atoms with E-state index in [1.54, 1.807) is 19.4 Å². The molecule has 3 nitrogen and oxygen atoms in total. The summed E-state index contributed by atoms with van der Waals surface area (Å²) in [6.45, 7) is 0. The molecule has 0 radical (unpaired) electrons. The second kappa shape index (κ2) is 3.14. The first-order valence-electron chi connectivity index (χ1n) is 3.73. The fourth-order valence-electron chi connectivity index (χ4n) is 1.18. The van der Waals surface area contributed by atoms with Gasteiger partial charge in [0.25, 0.3) is 0 Å². The maximum atomic E-state index is 10.5. The number of carbonyl (C=O) groups excluding carboxylic acids is 1. The van der Waals surface area contributed by atoms with Crippen LogP contribution in [0.4, 0.5) is 0 Å². The van der Waals surface area contributed by atoms with Gasteiger partial charge in [-0.3, -0.25) is 4.79 Å². The monoisotopic (exact) mass is 193 g/mol. The Bertz CT molecular complexity index is 450. The van der Waals surface area contributed by atoms with Gasteiger partial charge in [0.1, 0.15) is 0 Å². The second-order valence-electron chi connectivity index (χ2n) is 2.50. The van der Waals surface area contributed by atoms with E-state index < -0.39 is 0 Å². The number of thiophene rings is 1. The van der Waals surface area contributed by atoms with E-state index in [0.29, 0.717) is 10.8 Å². The van der Waals surface area contributed by atoms with Crippen LogP contribution in [0.1, 0.15) is 9.67 Å². The SMILES string of the molecule is COc1nccc2sc(C=O)cc12. The van der Waals surface area contributed by atoms with Gasteiger partial charge in [0, 0.05) is 10.9 Å². The molecule has 0 aliphatic carbocycles. The van der Waals surface area contributed by atoms with Crippen LogP contribution in [0.5, 0.6) is 5.88 Å². The highest BCUT2D eigenvalue weighted by molar-refractivity contribution is 7.20. The van der Waals surface area contributed by atoms with E-state index in [1.807, 2.05) is 6.07 Å². The van der Waals surface area contributed by atoms with Crippen molar-refractivity contribution < 1.29 is 9.53 Å². The minimum Gasteiger partial charge on any atom is -0.481 e. The van der Waals surface area contributed by atoms with Gasteiger partial charge in [-0.15, -0.1) is 11.3 Å². The van der Waals surface area contributed by atoms with E-state index in [0.717, 1.165) is 16.4 Å². The Hall–Kier alpha value is -1.42. The summed E-state index contributed by atoms with van der Waals surface area (Å²) in [6, 6.07) is 3.66. The minimum atomic E-state index is 0.571. The van der Waals surface area contributed by atoms with Gasteiger partial charge in [0.2, 0.25) is 5.88 Å².